The molecule has 110 valence electrons. The van der Waals surface area contributed by atoms with E-state index in [1.807, 2.05) is 35.0 Å². The van der Waals surface area contributed by atoms with Crippen molar-refractivity contribution < 1.29 is 4.79 Å². The van der Waals surface area contributed by atoms with E-state index in [1.54, 1.807) is 6.92 Å². The number of carbonyl (C=O) groups is 1. The van der Waals surface area contributed by atoms with Crippen molar-refractivity contribution in [1.82, 2.24) is 9.78 Å². The summed E-state index contributed by atoms with van der Waals surface area (Å²) < 4.78 is 1.88. The number of nitrogens with zero attached hydrogens (tertiary/aromatic N) is 3. The van der Waals surface area contributed by atoms with Crippen molar-refractivity contribution in [3.63, 3.8) is 0 Å². The van der Waals surface area contributed by atoms with Crippen LogP contribution in [-0.4, -0.2) is 22.2 Å². The van der Waals surface area contributed by atoms with Crippen LogP contribution in [0.3, 0.4) is 0 Å². The Bertz CT molecular complexity index is 690. The Balaban J connectivity index is 1.73. The SMILES string of the molecule is CC(=O)N1CCc2cc(NCc3cnn(C)c3C)ccc21. The molecular weight excluding hydrogens is 264 g/mol. The summed E-state index contributed by atoms with van der Waals surface area (Å²) >= 11 is 0. The van der Waals surface area contributed by atoms with E-state index >= 15 is 0 Å². The smallest absolute Gasteiger partial charge is 0.223 e. The van der Waals surface area contributed by atoms with Gasteiger partial charge in [-0.3, -0.25) is 9.48 Å². The lowest BCUT2D eigenvalue weighted by atomic mass is 10.1. The summed E-state index contributed by atoms with van der Waals surface area (Å²) in [6.45, 7) is 5.23. The number of aryl methyl sites for hydroxylation is 1. The second kappa shape index (κ2) is 5.24. The van der Waals surface area contributed by atoms with E-state index in [1.165, 1.54) is 16.8 Å². The lowest BCUT2D eigenvalue weighted by Crippen LogP contribution is -2.25. The van der Waals surface area contributed by atoms with Crippen molar-refractivity contribution in [1.29, 1.82) is 0 Å². The van der Waals surface area contributed by atoms with Gasteiger partial charge in [0.25, 0.3) is 0 Å². The maximum absolute atomic E-state index is 11.5. The average Bonchev–Trinajstić information content (AvgIpc) is 3.02. The van der Waals surface area contributed by atoms with Crippen molar-refractivity contribution in [2.75, 3.05) is 16.8 Å². The lowest BCUT2D eigenvalue weighted by Gasteiger charge is -2.15. The lowest BCUT2D eigenvalue weighted by molar-refractivity contribution is -0.116. The Labute approximate surface area is 124 Å². The highest BCUT2D eigenvalue weighted by atomic mass is 16.2. The highest BCUT2D eigenvalue weighted by Crippen LogP contribution is 2.30. The van der Waals surface area contributed by atoms with Crippen LogP contribution in [0.1, 0.15) is 23.7 Å². The standard InChI is InChI=1S/C16H20N4O/c1-11-14(10-18-19(11)3)9-17-15-4-5-16-13(8-15)6-7-20(16)12(2)21/h4-5,8,10,17H,6-7,9H2,1-3H3. The monoisotopic (exact) mass is 284 g/mol. The fourth-order valence-corrected chi connectivity index (χ4v) is 2.75. The number of hydrogen-bond donors (Lipinski definition) is 1. The normalized spacial score (nSPS) is 13.4. The van der Waals surface area contributed by atoms with Crippen LogP contribution in [0.5, 0.6) is 0 Å². The molecule has 5 nitrogen and oxygen atoms in total. The van der Waals surface area contributed by atoms with Gasteiger partial charge in [0.15, 0.2) is 0 Å². The topological polar surface area (TPSA) is 50.2 Å². The molecule has 0 radical (unpaired) electrons. The first-order valence-corrected chi connectivity index (χ1v) is 7.18. The average molecular weight is 284 g/mol. The minimum absolute atomic E-state index is 0.112. The van der Waals surface area contributed by atoms with E-state index in [-0.39, 0.29) is 5.91 Å². The number of carbonyl (C=O) groups excluding carboxylic acids is 1. The van der Waals surface area contributed by atoms with Gasteiger partial charge < -0.3 is 10.2 Å². The summed E-state index contributed by atoms with van der Waals surface area (Å²) in [4.78, 5) is 13.4. The number of benzene rings is 1. The highest BCUT2D eigenvalue weighted by Gasteiger charge is 2.21. The minimum atomic E-state index is 0.112. The fourth-order valence-electron chi connectivity index (χ4n) is 2.75. The predicted octanol–water partition coefficient (Wildman–Crippen LogP) is 2.25. The summed E-state index contributed by atoms with van der Waals surface area (Å²) in [6, 6.07) is 6.21. The van der Waals surface area contributed by atoms with Crippen molar-refractivity contribution in [3.8, 4) is 0 Å². The maximum Gasteiger partial charge on any atom is 0.223 e. The first kappa shape index (κ1) is 13.7. The number of anilines is 2. The predicted molar refractivity (Wildman–Crippen MR) is 83.4 cm³/mol. The van der Waals surface area contributed by atoms with E-state index < -0.39 is 0 Å². The zero-order valence-corrected chi connectivity index (χ0v) is 12.7. The number of fused-ring (bicyclic) bond motifs is 1. The second-order valence-corrected chi connectivity index (χ2v) is 5.50. The summed E-state index contributed by atoms with van der Waals surface area (Å²) in [6.07, 6.45) is 2.82. The van der Waals surface area contributed by atoms with Gasteiger partial charge in [-0.25, -0.2) is 0 Å². The molecule has 2 heterocycles. The van der Waals surface area contributed by atoms with Gasteiger partial charge in [0.05, 0.1) is 6.20 Å². The van der Waals surface area contributed by atoms with Gasteiger partial charge in [0.1, 0.15) is 0 Å². The molecular formula is C16H20N4O. The maximum atomic E-state index is 11.5. The summed E-state index contributed by atoms with van der Waals surface area (Å²) in [5, 5.41) is 7.68. The second-order valence-electron chi connectivity index (χ2n) is 5.50. The number of nitrogens with one attached hydrogen (secondary N) is 1. The zero-order chi connectivity index (χ0) is 15.0. The Morgan fingerprint density at radius 1 is 1.43 bits per heavy atom. The summed E-state index contributed by atoms with van der Waals surface area (Å²) in [5.74, 6) is 0.112. The first-order valence-electron chi connectivity index (χ1n) is 7.18. The van der Waals surface area contributed by atoms with Crippen LogP contribution in [0.15, 0.2) is 24.4 Å². The van der Waals surface area contributed by atoms with Crippen LogP contribution >= 0.6 is 0 Å². The molecule has 0 saturated carbocycles. The molecule has 0 aliphatic carbocycles. The van der Waals surface area contributed by atoms with Crippen molar-refractivity contribution >= 4 is 17.3 Å². The van der Waals surface area contributed by atoms with E-state index in [4.69, 9.17) is 0 Å². The van der Waals surface area contributed by atoms with Crippen LogP contribution in [0.2, 0.25) is 0 Å². The Morgan fingerprint density at radius 3 is 2.90 bits per heavy atom. The van der Waals surface area contributed by atoms with Gasteiger partial charge >= 0.3 is 0 Å². The molecule has 1 aromatic carbocycles. The Morgan fingerprint density at radius 2 is 2.24 bits per heavy atom. The van der Waals surface area contributed by atoms with E-state index in [0.717, 1.165) is 30.9 Å². The number of hydrogen-bond acceptors (Lipinski definition) is 3. The van der Waals surface area contributed by atoms with Gasteiger partial charge in [0.2, 0.25) is 5.91 Å². The van der Waals surface area contributed by atoms with E-state index in [2.05, 4.69) is 23.4 Å². The van der Waals surface area contributed by atoms with Gasteiger partial charge in [-0.05, 0) is 37.1 Å². The fraction of sp³-hybridized carbons (Fsp3) is 0.375. The van der Waals surface area contributed by atoms with Crippen LogP contribution < -0.4 is 10.2 Å². The third-order valence-electron chi connectivity index (χ3n) is 4.18. The van der Waals surface area contributed by atoms with Gasteiger partial charge in [-0.1, -0.05) is 0 Å². The Kier molecular flexibility index (Phi) is 3.41. The molecule has 2 aromatic rings. The number of amides is 1. The molecule has 0 unspecified atom stereocenters. The molecule has 1 aliphatic rings. The van der Waals surface area contributed by atoms with Crippen molar-refractivity contribution in [3.05, 3.63) is 41.2 Å². The molecule has 21 heavy (non-hydrogen) atoms. The van der Waals surface area contributed by atoms with E-state index in [0.29, 0.717) is 0 Å². The molecule has 1 aromatic heterocycles. The molecule has 0 bridgehead atoms. The van der Waals surface area contributed by atoms with Crippen LogP contribution in [0.25, 0.3) is 0 Å². The molecule has 1 N–H and O–H groups in total. The van der Waals surface area contributed by atoms with Crippen LogP contribution in [0.4, 0.5) is 11.4 Å². The first-order chi connectivity index (χ1) is 10.1. The molecule has 1 amide bonds. The molecule has 0 saturated heterocycles. The largest absolute Gasteiger partial charge is 0.381 e. The van der Waals surface area contributed by atoms with Crippen molar-refractivity contribution in [2.24, 2.45) is 7.05 Å². The minimum Gasteiger partial charge on any atom is -0.381 e. The van der Waals surface area contributed by atoms with Gasteiger partial charge in [-0.2, -0.15) is 5.10 Å². The molecule has 1 aliphatic heterocycles. The van der Waals surface area contributed by atoms with Gasteiger partial charge in [-0.15, -0.1) is 0 Å². The third-order valence-corrected chi connectivity index (χ3v) is 4.18. The van der Waals surface area contributed by atoms with E-state index in [9.17, 15) is 4.79 Å². The summed E-state index contributed by atoms with van der Waals surface area (Å²) in [5.41, 5.74) is 5.74. The quantitative estimate of drug-likeness (QED) is 0.940. The Hall–Kier alpha value is -2.30. The molecule has 3 rings (SSSR count). The zero-order valence-electron chi connectivity index (χ0n) is 12.7. The molecule has 5 heteroatoms. The van der Waals surface area contributed by atoms with Crippen LogP contribution in [0, 0.1) is 6.92 Å². The van der Waals surface area contributed by atoms with Gasteiger partial charge in [0, 0.05) is 49.7 Å². The number of aromatic nitrogens is 2. The third kappa shape index (κ3) is 2.51. The highest BCUT2D eigenvalue weighted by molar-refractivity contribution is 5.94. The van der Waals surface area contributed by atoms with Crippen molar-refractivity contribution in [2.45, 2.75) is 26.8 Å². The molecule has 0 spiro atoms. The van der Waals surface area contributed by atoms with Crippen LogP contribution in [-0.2, 0) is 24.8 Å². The molecule has 0 fully saturated rings. The molecule has 0 atom stereocenters. The number of rotatable bonds is 3. The summed E-state index contributed by atoms with van der Waals surface area (Å²) in [7, 11) is 1.95.